The second-order valence-corrected chi connectivity index (χ2v) is 6.55. The minimum atomic E-state index is -3.59. The Morgan fingerprint density at radius 3 is 2.57 bits per heavy atom. The van der Waals surface area contributed by atoms with Gasteiger partial charge in [0.1, 0.15) is 5.75 Å². The van der Waals surface area contributed by atoms with Crippen molar-refractivity contribution in [3.8, 4) is 17.6 Å². The molecular formula is C16H15FN2O3S. The maximum Gasteiger partial charge on any atom is 0.225 e. The highest BCUT2D eigenvalue weighted by molar-refractivity contribution is 7.89. The van der Waals surface area contributed by atoms with Gasteiger partial charge in [-0.05, 0) is 36.2 Å². The van der Waals surface area contributed by atoms with Crippen molar-refractivity contribution in [3.05, 3.63) is 59.9 Å². The van der Waals surface area contributed by atoms with Gasteiger partial charge in [-0.15, -0.1) is 0 Å². The van der Waals surface area contributed by atoms with E-state index >= 15 is 0 Å². The topological polar surface area (TPSA) is 79.2 Å². The minimum absolute atomic E-state index is 0.0995. The Morgan fingerprint density at radius 1 is 1.17 bits per heavy atom. The molecule has 0 amide bonds. The number of ether oxygens (including phenoxy) is 1. The predicted octanol–water partition coefficient (Wildman–Crippen LogP) is 2.60. The minimum Gasteiger partial charge on any atom is -0.454 e. The van der Waals surface area contributed by atoms with Gasteiger partial charge < -0.3 is 4.74 Å². The number of halogens is 1. The molecule has 0 aliphatic rings. The number of benzene rings is 2. The van der Waals surface area contributed by atoms with Crippen molar-refractivity contribution in [2.24, 2.45) is 0 Å². The number of rotatable bonds is 7. The molecule has 0 aliphatic carbocycles. The molecule has 0 fully saturated rings. The van der Waals surface area contributed by atoms with Crippen LogP contribution >= 0.6 is 0 Å². The van der Waals surface area contributed by atoms with Crippen molar-refractivity contribution in [3.63, 3.8) is 0 Å². The molecule has 0 saturated heterocycles. The third kappa shape index (κ3) is 5.36. The lowest BCUT2D eigenvalue weighted by atomic mass is 10.1. The lowest BCUT2D eigenvalue weighted by Crippen LogP contribution is -2.27. The predicted molar refractivity (Wildman–Crippen MR) is 84.0 cm³/mol. The van der Waals surface area contributed by atoms with Gasteiger partial charge >= 0.3 is 0 Å². The molecule has 1 N–H and O–H groups in total. The van der Waals surface area contributed by atoms with E-state index in [1.165, 1.54) is 12.1 Å². The second-order valence-electron chi connectivity index (χ2n) is 4.74. The molecule has 0 unspecified atom stereocenters. The Labute approximate surface area is 134 Å². The SMILES string of the molecule is N#CCS(=O)(=O)NCCc1ccc(Oc2ccccc2)c(F)c1. The molecule has 120 valence electrons. The van der Waals surface area contributed by atoms with E-state index in [0.29, 0.717) is 17.7 Å². The lowest BCUT2D eigenvalue weighted by molar-refractivity contribution is 0.441. The van der Waals surface area contributed by atoms with Gasteiger partial charge in [-0.1, -0.05) is 24.3 Å². The maximum atomic E-state index is 14.0. The molecule has 2 aromatic carbocycles. The molecule has 23 heavy (non-hydrogen) atoms. The van der Waals surface area contributed by atoms with Crippen LogP contribution in [0.15, 0.2) is 48.5 Å². The van der Waals surface area contributed by atoms with E-state index < -0.39 is 21.6 Å². The van der Waals surface area contributed by atoms with Crippen LogP contribution in [-0.4, -0.2) is 20.7 Å². The quantitative estimate of drug-likeness (QED) is 0.844. The van der Waals surface area contributed by atoms with Crippen LogP contribution in [0.5, 0.6) is 11.5 Å². The number of nitriles is 1. The molecule has 7 heteroatoms. The summed E-state index contributed by atoms with van der Waals surface area (Å²) in [5.41, 5.74) is 0.627. The Balaban J connectivity index is 1.96. The fourth-order valence-electron chi connectivity index (χ4n) is 1.89. The van der Waals surface area contributed by atoms with E-state index in [4.69, 9.17) is 10.00 Å². The monoisotopic (exact) mass is 334 g/mol. The van der Waals surface area contributed by atoms with Crippen molar-refractivity contribution in [2.75, 3.05) is 12.3 Å². The van der Waals surface area contributed by atoms with E-state index in [2.05, 4.69) is 4.72 Å². The normalized spacial score (nSPS) is 11.0. The van der Waals surface area contributed by atoms with Crippen LogP contribution in [0.3, 0.4) is 0 Å². The van der Waals surface area contributed by atoms with E-state index in [9.17, 15) is 12.8 Å². The summed E-state index contributed by atoms with van der Waals surface area (Å²) in [6.45, 7) is 0.0995. The summed E-state index contributed by atoms with van der Waals surface area (Å²) in [4.78, 5) is 0. The highest BCUT2D eigenvalue weighted by atomic mass is 32.2. The summed E-state index contributed by atoms with van der Waals surface area (Å²) < 4.78 is 44.4. The van der Waals surface area contributed by atoms with Crippen LogP contribution in [-0.2, 0) is 16.4 Å². The molecule has 0 heterocycles. The summed E-state index contributed by atoms with van der Waals surface area (Å²) >= 11 is 0. The van der Waals surface area contributed by atoms with Gasteiger partial charge in [-0.25, -0.2) is 17.5 Å². The molecule has 0 aromatic heterocycles. The van der Waals surface area contributed by atoms with Crippen LogP contribution in [0.4, 0.5) is 4.39 Å². The molecule has 0 radical (unpaired) electrons. The van der Waals surface area contributed by atoms with Gasteiger partial charge in [0.05, 0.1) is 6.07 Å². The third-order valence-electron chi connectivity index (χ3n) is 2.96. The van der Waals surface area contributed by atoms with E-state index in [1.54, 1.807) is 36.4 Å². The number of hydrogen-bond acceptors (Lipinski definition) is 4. The molecular weight excluding hydrogens is 319 g/mol. The summed E-state index contributed by atoms with van der Waals surface area (Å²) in [5.74, 6) is -0.481. The fraction of sp³-hybridized carbons (Fsp3) is 0.188. The fourth-order valence-corrected chi connectivity index (χ4v) is 2.57. The van der Waals surface area contributed by atoms with Crippen molar-refractivity contribution in [1.82, 2.24) is 4.72 Å². The van der Waals surface area contributed by atoms with E-state index in [-0.39, 0.29) is 12.3 Å². The Hall–Kier alpha value is -2.43. The van der Waals surface area contributed by atoms with Crippen LogP contribution in [0, 0.1) is 17.1 Å². The van der Waals surface area contributed by atoms with Crippen molar-refractivity contribution >= 4 is 10.0 Å². The zero-order chi connectivity index (χ0) is 16.7. The summed E-state index contributed by atoms with van der Waals surface area (Å²) in [7, 11) is -3.59. The smallest absolute Gasteiger partial charge is 0.225 e. The molecule has 0 aliphatic heterocycles. The Bertz CT molecular complexity index is 802. The molecule has 0 atom stereocenters. The number of nitrogens with one attached hydrogen (secondary N) is 1. The largest absolute Gasteiger partial charge is 0.454 e. The average molecular weight is 334 g/mol. The van der Waals surface area contributed by atoms with Gasteiger partial charge in [0.2, 0.25) is 10.0 Å². The first-order valence-electron chi connectivity index (χ1n) is 6.86. The molecule has 5 nitrogen and oxygen atoms in total. The van der Waals surface area contributed by atoms with Gasteiger partial charge in [0.15, 0.2) is 17.3 Å². The first-order valence-corrected chi connectivity index (χ1v) is 8.51. The number of nitrogens with zero attached hydrogens (tertiary/aromatic N) is 1. The molecule has 2 rings (SSSR count). The standard InChI is InChI=1S/C16H15FN2O3S/c17-15-12-13(8-10-19-23(20,21)11-9-18)6-7-16(15)22-14-4-2-1-3-5-14/h1-7,12,19H,8,10-11H2. The molecule has 0 bridgehead atoms. The van der Waals surface area contributed by atoms with Crippen molar-refractivity contribution < 1.29 is 17.5 Å². The molecule has 0 saturated carbocycles. The van der Waals surface area contributed by atoms with Crippen molar-refractivity contribution in [2.45, 2.75) is 6.42 Å². The van der Waals surface area contributed by atoms with Gasteiger partial charge in [-0.3, -0.25) is 0 Å². The Morgan fingerprint density at radius 2 is 1.91 bits per heavy atom. The summed E-state index contributed by atoms with van der Waals surface area (Å²) in [6.07, 6.45) is 0.313. The average Bonchev–Trinajstić information content (AvgIpc) is 2.51. The zero-order valence-electron chi connectivity index (χ0n) is 12.2. The van der Waals surface area contributed by atoms with Crippen LogP contribution in [0.1, 0.15) is 5.56 Å². The van der Waals surface area contributed by atoms with E-state index in [0.717, 1.165) is 0 Å². The zero-order valence-corrected chi connectivity index (χ0v) is 13.0. The Kier molecular flexibility index (Phi) is 5.68. The van der Waals surface area contributed by atoms with Crippen molar-refractivity contribution in [1.29, 1.82) is 5.26 Å². The number of sulfonamides is 1. The van der Waals surface area contributed by atoms with Crippen LogP contribution < -0.4 is 9.46 Å². The highest BCUT2D eigenvalue weighted by Gasteiger charge is 2.10. The highest BCUT2D eigenvalue weighted by Crippen LogP contribution is 2.24. The number of hydrogen-bond donors (Lipinski definition) is 1. The maximum absolute atomic E-state index is 14.0. The van der Waals surface area contributed by atoms with Crippen LogP contribution in [0.2, 0.25) is 0 Å². The molecule has 0 spiro atoms. The summed E-state index contributed by atoms with van der Waals surface area (Å²) in [6, 6.07) is 14.9. The van der Waals surface area contributed by atoms with Gasteiger partial charge in [-0.2, -0.15) is 5.26 Å². The first kappa shape index (κ1) is 16.9. The molecule has 2 aromatic rings. The third-order valence-corrected chi connectivity index (χ3v) is 4.11. The van der Waals surface area contributed by atoms with Gasteiger partial charge in [0.25, 0.3) is 0 Å². The second kappa shape index (κ2) is 7.72. The van der Waals surface area contributed by atoms with Gasteiger partial charge in [0, 0.05) is 6.54 Å². The van der Waals surface area contributed by atoms with E-state index in [1.807, 2.05) is 6.07 Å². The van der Waals surface area contributed by atoms with Crippen LogP contribution in [0.25, 0.3) is 0 Å². The number of para-hydroxylation sites is 1. The first-order chi connectivity index (χ1) is 11.0. The lowest BCUT2D eigenvalue weighted by Gasteiger charge is -2.08. The summed E-state index contributed by atoms with van der Waals surface area (Å²) in [5, 5.41) is 8.37.